The van der Waals surface area contributed by atoms with Crippen molar-refractivity contribution in [2.24, 2.45) is 0 Å². The van der Waals surface area contributed by atoms with Crippen LogP contribution >= 0.6 is 8.07 Å². The van der Waals surface area contributed by atoms with E-state index in [1.807, 2.05) is 18.3 Å². The molecular weight excluding hydrogens is 241 g/mol. The molecule has 0 bridgehead atoms. The second-order valence-corrected chi connectivity index (χ2v) is 6.68. The second-order valence-electron chi connectivity index (χ2n) is 4.39. The van der Waals surface area contributed by atoms with Crippen LogP contribution in [0.15, 0.2) is 24.4 Å². The van der Waals surface area contributed by atoms with Gasteiger partial charge in [0.1, 0.15) is 0 Å². The van der Waals surface area contributed by atoms with E-state index < -0.39 is 0 Å². The van der Waals surface area contributed by atoms with Gasteiger partial charge in [-0.3, -0.25) is 10.1 Å². The van der Waals surface area contributed by atoms with E-state index in [0.29, 0.717) is 0 Å². The van der Waals surface area contributed by atoms with E-state index in [4.69, 9.17) is 0 Å². The lowest BCUT2D eigenvalue weighted by molar-refractivity contribution is 0.667. The van der Waals surface area contributed by atoms with Gasteiger partial charge in [0.2, 0.25) is 0 Å². The van der Waals surface area contributed by atoms with Gasteiger partial charge in [-0.2, -0.15) is 0 Å². The first-order valence-corrected chi connectivity index (χ1v) is 8.67. The van der Waals surface area contributed by atoms with Crippen molar-refractivity contribution in [2.45, 2.75) is 33.2 Å². The van der Waals surface area contributed by atoms with E-state index in [9.17, 15) is 0 Å². The monoisotopic (exact) mass is 267 g/mol. The van der Waals surface area contributed by atoms with Crippen molar-refractivity contribution in [3.63, 3.8) is 0 Å². The molecule has 1 heterocycles. The zero-order valence-corrected chi connectivity index (χ0v) is 12.5. The molecular formula is C14H26N3P. The summed E-state index contributed by atoms with van der Waals surface area (Å²) >= 11 is 0. The summed E-state index contributed by atoms with van der Waals surface area (Å²) in [4.78, 5) is 4.29. The Morgan fingerprint density at radius 2 is 1.89 bits per heavy atom. The van der Waals surface area contributed by atoms with Crippen molar-refractivity contribution in [2.75, 3.05) is 25.4 Å². The van der Waals surface area contributed by atoms with E-state index in [1.54, 1.807) is 0 Å². The highest BCUT2D eigenvalue weighted by atomic mass is 31.1. The van der Waals surface area contributed by atoms with Crippen molar-refractivity contribution in [3.8, 4) is 0 Å². The predicted molar refractivity (Wildman–Crippen MR) is 81.2 cm³/mol. The molecule has 0 aromatic carbocycles. The molecule has 0 atom stereocenters. The number of pyridine rings is 1. The molecule has 0 aliphatic heterocycles. The van der Waals surface area contributed by atoms with Gasteiger partial charge in [-0.15, -0.1) is 0 Å². The minimum absolute atomic E-state index is 0.0626. The highest BCUT2D eigenvalue weighted by Gasteiger charge is 2.03. The first-order valence-electron chi connectivity index (χ1n) is 6.95. The minimum atomic E-state index is 0.0626. The molecule has 0 saturated carbocycles. The summed E-state index contributed by atoms with van der Waals surface area (Å²) in [5.74, 6) is 0. The lowest BCUT2D eigenvalue weighted by atomic mass is 10.3. The van der Waals surface area contributed by atoms with Crippen LogP contribution in [0.5, 0.6) is 0 Å². The smallest absolute Gasteiger partial charge is 0.0541 e. The van der Waals surface area contributed by atoms with Crippen LogP contribution in [0, 0.1) is 0 Å². The van der Waals surface area contributed by atoms with Crippen LogP contribution in [0.3, 0.4) is 0 Å². The number of nitrogens with zero attached hydrogens (tertiary/aromatic N) is 1. The third-order valence-corrected chi connectivity index (χ3v) is 5.30. The summed E-state index contributed by atoms with van der Waals surface area (Å²) in [6.45, 7) is 7.49. The summed E-state index contributed by atoms with van der Waals surface area (Å²) in [5.41, 5.74) is 1.11. The van der Waals surface area contributed by atoms with E-state index in [1.165, 1.54) is 25.2 Å². The Hall–Kier alpha value is -0.500. The van der Waals surface area contributed by atoms with Crippen LogP contribution in [-0.2, 0) is 6.54 Å². The number of aromatic nitrogens is 1. The topological polar surface area (TPSA) is 37.0 Å². The van der Waals surface area contributed by atoms with Gasteiger partial charge in [-0.25, -0.2) is 0 Å². The fourth-order valence-corrected chi connectivity index (χ4v) is 3.88. The van der Waals surface area contributed by atoms with E-state index >= 15 is 0 Å². The van der Waals surface area contributed by atoms with Gasteiger partial charge in [0.15, 0.2) is 0 Å². The van der Waals surface area contributed by atoms with Gasteiger partial charge in [-0.05, 0) is 32.5 Å². The molecule has 102 valence electrons. The van der Waals surface area contributed by atoms with Crippen molar-refractivity contribution in [3.05, 3.63) is 30.1 Å². The average molecular weight is 267 g/mol. The summed E-state index contributed by atoms with van der Waals surface area (Å²) < 4.78 is 0. The zero-order valence-electron chi connectivity index (χ0n) is 11.7. The molecule has 0 saturated heterocycles. The number of rotatable bonds is 10. The first kappa shape index (κ1) is 15.6. The molecule has 0 amide bonds. The molecule has 0 aliphatic carbocycles. The molecule has 1 aromatic rings. The SMILES string of the molecule is CCCP(CCC)NCCNCc1ccccn1. The second kappa shape index (κ2) is 10.4. The molecule has 0 spiro atoms. The summed E-state index contributed by atoms with van der Waals surface area (Å²) in [5, 5.41) is 7.12. The fraction of sp³-hybridized carbons (Fsp3) is 0.643. The van der Waals surface area contributed by atoms with Crippen LogP contribution in [0.25, 0.3) is 0 Å². The van der Waals surface area contributed by atoms with Crippen LogP contribution in [0.4, 0.5) is 0 Å². The van der Waals surface area contributed by atoms with Crippen molar-refractivity contribution in [1.29, 1.82) is 0 Å². The lowest BCUT2D eigenvalue weighted by Gasteiger charge is -2.17. The Morgan fingerprint density at radius 1 is 1.11 bits per heavy atom. The highest BCUT2D eigenvalue weighted by Crippen LogP contribution is 2.31. The average Bonchev–Trinajstić information content (AvgIpc) is 2.40. The third kappa shape index (κ3) is 7.05. The van der Waals surface area contributed by atoms with Gasteiger partial charge in [-0.1, -0.05) is 32.8 Å². The van der Waals surface area contributed by atoms with Crippen LogP contribution in [-0.4, -0.2) is 30.4 Å². The molecule has 0 radical (unpaired) electrons. The normalized spacial score (nSPS) is 11.1. The van der Waals surface area contributed by atoms with E-state index in [0.717, 1.165) is 25.3 Å². The van der Waals surface area contributed by atoms with Crippen molar-refractivity contribution >= 4 is 8.07 Å². The maximum absolute atomic E-state index is 4.29. The largest absolute Gasteiger partial charge is 0.310 e. The molecule has 0 aliphatic rings. The van der Waals surface area contributed by atoms with Crippen molar-refractivity contribution in [1.82, 2.24) is 15.4 Å². The van der Waals surface area contributed by atoms with Crippen molar-refractivity contribution < 1.29 is 0 Å². The Kier molecular flexibility index (Phi) is 9.01. The summed E-state index contributed by atoms with van der Waals surface area (Å²) in [7, 11) is 0.0626. The molecule has 1 aromatic heterocycles. The van der Waals surface area contributed by atoms with Gasteiger partial charge in [0, 0.05) is 25.8 Å². The number of nitrogens with one attached hydrogen (secondary N) is 2. The van der Waals surface area contributed by atoms with Gasteiger partial charge >= 0.3 is 0 Å². The molecule has 2 N–H and O–H groups in total. The summed E-state index contributed by atoms with van der Waals surface area (Å²) in [6, 6.07) is 6.04. The van der Waals surface area contributed by atoms with Gasteiger partial charge in [0.05, 0.1) is 5.69 Å². The summed E-state index contributed by atoms with van der Waals surface area (Å²) in [6.07, 6.45) is 7.13. The lowest BCUT2D eigenvalue weighted by Crippen LogP contribution is -2.25. The fourth-order valence-electron chi connectivity index (χ4n) is 1.83. The van der Waals surface area contributed by atoms with E-state index in [2.05, 4.69) is 35.3 Å². The zero-order chi connectivity index (χ0) is 13.1. The van der Waals surface area contributed by atoms with Crippen LogP contribution in [0.1, 0.15) is 32.4 Å². The van der Waals surface area contributed by atoms with Crippen LogP contribution in [0.2, 0.25) is 0 Å². The molecule has 0 fully saturated rings. The maximum Gasteiger partial charge on any atom is 0.0541 e. The van der Waals surface area contributed by atoms with Gasteiger partial charge < -0.3 is 5.32 Å². The first-order chi connectivity index (χ1) is 8.86. The Labute approximate surface area is 113 Å². The predicted octanol–water partition coefficient (Wildman–Crippen LogP) is 2.98. The molecule has 0 unspecified atom stereocenters. The molecule has 1 rings (SSSR count). The quantitative estimate of drug-likeness (QED) is 0.505. The minimum Gasteiger partial charge on any atom is -0.310 e. The highest BCUT2D eigenvalue weighted by molar-refractivity contribution is 7.55. The Bertz CT molecular complexity index is 286. The Morgan fingerprint density at radius 3 is 2.50 bits per heavy atom. The third-order valence-electron chi connectivity index (χ3n) is 2.66. The number of hydrogen-bond acceptors (Lipinski definition) is 3. The van der Waals surface area contributed by atoms with E-state index in [-0.39, 0.29) is 8.07 Å². The molecule has 18 heavy (non-hydrogen) atoms. The standard InChI is InChI=1S/C14H26N3P/c1-3-11-18(12-4-2)17-10-9-15-13-14-7-5-6-8-16-14/h5-8,15,17H,3-4,9-13H2,1-2H3. The maximum atomic E-state index is 4.29. The molecule has 4 heteroatoms. The Balaban J connectivity index is 2.06. The molecule has 3 nitrogen and oxygen atoms in total. The number of hydrogen-bond donors (Lipinski definition) is 2. The van der Waals surface area contributed by atoms with Crippen LogP contribution < -0.4 is 10.4 Å². The van der Waals surface area contributed by atoms with Gasteiger partial charge in [0.25, 0.3) is 0 Å².